The van der Waals surface area contributed by atoms with Crippen molar-refractivity contribution >= 4 is 5.82 Å². The summed E-state index contributed by atoms with van der Waals surface area (Å²) in [6, 6.07) is 2.08. The minimum atomic E-state index is 0.650. The van der Waals surface area contributed by atoms with Gasteiger partial charge in [0.2, 0.25) is 0 Å². The van der Waals surface area contributed by atoms with Crippen molar-refractivity contribution in [3.63, 3.8) is 0 Å². The van der Waals surface area contributed by atoms with Crippen LogP contribution in [0.25, 0.3) is 0 Å². The molecule has 2 heterocycles. The summed E-state index contributed by atoms with van der Waals surface area (Å²) >= 11 is 0. The maximum atomic E-state index is 4.78. The Balaban J connectivity index is 1.68. The van der Waals surface area contributed by atoms with Crippen molar-refractivity contribution in [2.24, 2.45) is 11.8 Å². The Kier molecular flexibility index (Phi) is 3.72. The van der Waals surface area contributed by atoms with Gasteiger partial charge in [-0.3, -0.25) is 0 Å². The third-order valence-electron chi connectivity index (χ3n) is 4.87. The van der Waals surface area contributed by atoms with E-state index in [2.05, 4.69) is 29.8 Å². The lowest BCUT2D eigenvalue weighted by Gasteiger charge is -2.22. The first kappa shape index (κ1) is 12.9. The summed E-state index contributed by atoms with van der Waals surface area (Å²) in [7, 11) is 0. The molecule has 1 aliphatic heterocycles. The molecule has 0 aromatic carbocycles. The second-order valence-electron chi connectivity index (χ2n) is 6.12. The third-order valence-corrected chi connectivity index (χ3v) is 4.87. The highest BCUT2D eigenvalue weighted by Gasteiger charge is 2.30. The standard InChI is InChI=1S/C16H25N3/c1-3-12(4-2)14-8-10-19(11-14)15-7-9-17-16(18-15)13-5-6-13/h7,9,12-14H,3-6,8,10-11H2,1-2H3. The van der Waals surface area contributed by atoms with Crippen molar-refractivity contribution in [1.29, 1.82) is 0 Å². The van der Waals surface area contributed by atoms with Gasteiger partial charge in [-0.2, -0.15) is 0 Å². The van der Waals surface area contributed by atoms with Gasteiger partial charge < -0.3 is 4.90 Å². The fourth-order valence-electron chi connectivity index (χ4n) is 3.41. The normalized spacial score (nSPS) is 23.3. The van der Waals surface area contributed by atoms with Gasteiger partial charge in [-0.15, -0.1) is 0 Å². The van der Waals surface area contributed by atoms with E-state index in [1.807, 2.05) is 6.20 Å². The van der Waals surface area contributed by atoms with E-state index in [0.29, 0.717) is 5.92 Å². The minimum absolute atomic E-state index is 0.650. The third kappa shape index (κ3) is 2.75. The van der Waals surface area contributed by atoms with Crippen LogP contribution >= 0.6 is 0 Å². The molecule has 2 aliphatic rings. The summed E-state index contributed by atoms with van der Waals surface area (Å²) in [4.78, 5) is 11.7. The highest BCUT2D eigenvalue weighted by molar-refractivity contribution is 5.39. The molecule has 1 aliphatic carbocycles. The van der Waals surface area contributed by atoms with E-state index in [9.17, 15) is 0 Å². The number of nitrogens with zero attached hydrogens (tertiary/aromatic N) is 3. The van der Waals surface area contributed by atoms with Crippen LogP contribution in [0.5, 0.6) is 0 Å². The molecule has 1 aromatic rings. The van der Waals surface area contributed by atoms with E-state index < -0.39 is 0 Å². The van der Waals surface area contributed by atoms with E-state index in [4.69, 9.17) is 4.98 Å². The Bertz CT molecular complexity index is 424. The highest BCUT2D eigenvalue weighted by Crippen LogP contribution is 2.38. The molecule has 1 saturated heterocycles. The van der Waals surface area contributed by atoms with Gasteiger partial charge in [-0.05, 0) is 37.2 Å². The van der Waals surface area contributed by atoms with Crippen LogP contribution in [0, 0.1) is 11.8 Å². The lowest BCUT2D eigenvalue weighted by atomic mass is 9.87. The molecule has 19 heavy (non-hydrogen) atoms. The van der Waals surface area contributed by atoms with Gasteiger partial charge in [-0.1, -0.05) is 26.7 Å². The number of aromatic nitrogens is 2. The Morgan fingerprint density at radius 2 is 2.05 bits per heavy atom. The van der Waals surface area contributed by atoms with Gasteiger partial charge in [0.1, 0.15) is 11.6 Å². The molecule has 3 nitrogen and oxygen atoms in total. The Morgan fingerprint density at radius 1 is 1.26 bits per heavy atom. The topological polar surface area (TPSA) is 29.0 Å². The van der Waals surface area contributed by atoms with E-state index >= 15 is 0 Å². The first-order valence-electron chi connectivity index (χ1n) is 7.89. The summed E-state index contributed by atoms with van der Waals surface area (Å²) in [5.41, 5.74) is 0. The predicted molar refractivity (Wildman–Crippen MR) is 78.4 cm³/mol. The predicted octanol–water partition coefficient (Wildman–Crippen LogP) is 3.62. The average molecular weight is 259 g/mol. The van der Waals surface area contributed by atoms with Crippen LogP contribution in [0.2, 0.25) is 0 Å². The van der Waals surface area contributed by atoms with Crippen LogP contribution in [0.4, 0.5) is 5.82 Å². The molecule has 0 spiro atoms. The monoisotopic (exact) mass is 259 g/mol. The molecular weight excluding hydrogens is 234 g/mol. The summed E-state index contributed by atoms with van der Waals surface area (Å²) in [5.74, 6) is 4.62. The SMILES string of the molecule is CCC(CC)C1CCN(c2ccnc(C3CC3)n2)C1. The summed E-state index contributed by atoms with van der Waals surface area (Å²) in [6.07, 6.45) is 8.45. The zero-order chi connectivity index (χ0) is 13.2. The Hall–Kier alpha value is -1.12. The largest absolute Gasteiger partial charge is 0.356 e. The Labute approximate surface area is 116 Å². The van der Waals surface area contributed by atoms with E-state index in [0.717, 1.165) is 23.5 Å². The lowest BCUT2D eigenvalue weighted by molar-refractivity contribution is 0.339. The van der Waals surface area contributed by atoms with Crippen LogP contribution in [-0.4, -0.2) is 23.1 Å². The number of anilines is 1. The molecule has 1 unspecified atom stereocenters. The van der Waals surface area contributed by atoms with Crippen molar-refractivity contribution in [3.8, 4) is 0 Å². The maximum Gasteiger partial charge on any atom is 0.133 e. The number of rotatable bonds is 5. The Morgan fingerprint density at radius 3 is 2.74 bits per heavy atom. The zero-order valence-electron chi connectivity index (χ0n) is 12.2. The lowest BCUT2D eigenvalue weighted by Crippen LogP contribution is -2.23. The molecule has 104 valence electrons. The average Bonchev–Trinajstić information content (AvgIpc) is 3.19. The second kappa shape index (κ2) is 5.48. The molecule has 0 N–H and O–H groups in total. The second-order valence-corrected chi connectivity index (χ2v) is 6.12. The first-order valence-corrected chi connectivity index (χ1v) is 7.89. The van der Waals surface area contributed by atoms with E-state index in [1.54, 1.807) is 0 Å². The van der Waals surface area contributed by atoms with Crippen molar-refractivity contribution < 1.29 is 0 Å². The van der Waals surface area contributed by atoms with Crippen LogP contribution in [0.1, 0.15) is 57.7 Å². The van der Waals surface area contributed by atoms with Crippen LogP contribution in [0.15, 0.2) is 12.3 Å². The van der Waals surface area contributed by atoms with Gasteiger partial charge in [0.05, 0.1) is 0 Å². The quantitative estimate of drug-likeness (QED) is 0.808. The van der Waals surface area contributed by atoms with E-state index in [1.165, 1.54) is 45.2 Å². The first-order chi connectivity index (χ1) is 9.31. The van der Waals surface area contributed by atoms with Gasteiger partial charge in [0, 0.05) is 25.2 Å². The van der Waals surface area contributed by atoms with Crippen molar-refractivity contribution in [1.82, 2.24) is 9.97 Å². The molecule has 3 heteroatoms. The van der Waals surface area contributed by atoms with Crippen molar-refractivity contribution in [2.45, 2.75) is 51.9 Å². The molecule has 0 bridgehead atoms. The highest BCUT2D eigenvalue weighted by atomic mass is 15.2. The molecule has 3 rings (SSSR count). The van der Waals surface area contributed by atoms with Crippen molar-refractivity contribution in [2.75, 3.05) is 18.0 Å². The molecule has 1 saturated carbocycles. The van der Waals surface area contributed by atoms with Crippen LogP contribution < -0.4 is 4.90 Å². The fourth-order valence-corrected chi connectivity index (χ4v) is 3.41. The summed E-state index contributed by atoms with van der Waals surface area (Å²) in [5, 5.41) is 0. The number of hydrogen-bond donors (Lipinski definition) is 0. The molecule has 0 radical (unpaired) electrons. The van der Waals surface area contributed by atoms with E-state index in [-0.39, 0.29) is 0 Å². The van der Waals surface area contributed by atoms with Gasteiger partial charge in [0.25, 0.3) is 0 Å². The molecule has 1 atom stereocenters. The van der Waals surface area contributed by atoms with Crippen LogP contribution in [-0.2, 0) is 0 Å². The van der Waals surface area contributed by atoms with Crippen LogP contribution in [0.3, 0.4) is 0 Å². The van der Waals surface area contributed by atoms with Gasteiger partial charge in [-0.25, -0.2) is 9.97 Å². The maximum absolute atomic E-state index is 4.78. The molecule has 1 aromatic heterocycles. The zero-order valence-corrected chi connectivity index (χ0v) is 12.2. The summed E-state index contributed by atoms with van der Waals surface area (Å²) in [6.45, 7) is 7.01. The number of hydrogen-bond acceptors (Lipinski definition) is 3. The van der Waals surface area contributed by atoms with Gasteiger partial charge in [0.15, 0.2) is 0 Å². The molecule has 0 amide bonds. The van der Waals surface area contributed by atoms with Crippen molar-refractivity contribution in [3.05, 3.63) is 18.1 Å². The summed E-state index contributed by atoms with van der Waals surface area (Å²) < 4.78 is 0. The minimum Gasteiger partial charge on any atom is -0.356 e. The smallest absolute Gasteiger partial charge is 0.133 e. The fraction of sp³-hybridized carbons (Fsp3) is 0.750. The molecule has 2 fully saturated rings. The molecular formula is C16H25N3. The van der Waals surface area contributed by atoms with Gasteiger partial charge >= 0.3 is 0 Å².